The van der Waals surface area contributed by atoms with E-state index in [1.54, 1.807) is 13.0 Å². The van der Waals surface area contributed by atoms with Gasteiger partial charge in [-0.1, -0.05) is 19.8 Å². The SMILES string of the molecule is Cc1cc2[nH]c(=O)c(=O)[nH]c2cc1S(=O)(=O)N[C@H]1CCCC[C@@H]1C. The van der Waals surface area contributed by atoms with Crippen molar-refractivity contribution in [2.45, 2.75) is 50.5 Å². The van der Waals surface area contributed by atoms with Gasteiger partial charge in [-0.25, -0.2) is 13.1 Å². The van der Waals surface area contributed by atoms with E-state index in [0.717, 1.165) is 25.7 Å². The van der Waals surface area contributed by atoms with Crippen LogP contribution in [0.5, 0.6) is 0 Å². The van der Waals surface area contributed by atoms with Crippen molar-refractivity contribution in [1.29, 1.82) is 0 Å². The molecule has 3 rings (SSSR count). The molecular weight excluding hydrogens is 330 g/mol. The number of aryl methyl sites for hydroxylation is 1. The van der Waals surface area contributed by atoms with Gasteiger partial charge >= 0.3 is 11.1 Å². The van der Waals surface area contributed by atoms with Crippen molar-refractivity contribution in [2.24, 2.45) is 5.92 Å². The topological polar surface area (TPSA) is 112 Å². The lowest BCUT2D eigenvalue weighted by molar-refractivity contribution is 0.310. The van der Waals surface area contributed by atoms with Crippen LogP contribution < -0.4 is 15.8 Å². The summed E-state index contributed by atoms with van der Waals surface area (Å²) in [5, 5.41) is 0. The second-order valence-corrected chi connectivity index (χ2v) is 8.24. The first-order chi connectivity index (χ1) is 11.3. The first-order valence-electron chi connectivity index (χ1n) is 8.07. The predicted molar refractivity (Wildman–Crippen MR) is 91.7 cm³/mol. The number of hydrogen-bond donors (Lipinski definition) is 3. The van der Waals surface area contributed by atoms with Crippen LogP contribution in [0.2, 0.25) is 0 Å². The van der Waals surface area contributed by atoms with Crippen molar-refractivity contribution in [3.05, 3.63) is 38.4 Å². The molecule has 130 valence electrons. The maximum absolute atomic E-state index is 12.8. The first-order valence-corrected chi connectivity index (χ1v) is 9.55. The molecule has 7 nitrogen and oxygen atoms in total. The van der Waals surface area contributed by atoms with Crippen LogP contribution in [0, 0.1) is 12.8 Å². The van der Waals surface area contributed by atoms with E-state index in [1.807, 2.05) is 0 Å². The Hall–Kier alpha value is -1.93. The summed E-state index contributed by atoms with van der Waals surface area (Å²) < 4.78 is 28.4. The Bertz CT molecular complexity index is 991. The molecule has 0 radical (unpaired) electrons. The van der Waals surface area contributed by atoms with Gasteiger partial charge in [-0.2, -0.15) is 0 Å². The van der Waals surface area contributed by atoms with Gasteiger partial charge in [0.15, 0.2) is 0 Å². The van der Waals surface area contributed by atoms with Crippen LogP contribution in [0.3, 0.4) is 0 Å². The lowest BCUT2D eigenvalue weighted by Crippen LogP contribution is -2.41. The van der Waals surface area contributed by atoms with E-state index in [2.05, 4.69) is 21.6 Å². The highest BCUT2D eigenvalue weighted by Gasteiger charge is 2.27. The van der Waals surface area contributed by atoms with Gasteiger partial charge in [0, 0.05) is 6.04 Å². The summed E-state index contributed by atoms with van der Waals surface area (Å²) in [7, 11) is -3.70. The van der Waals surface area contributed by atoms with Crippen molar-refractivity contribution in [1.82, 2.24) is 14.7 Å². The average molecular weight is 351 g/mol. The minimum absolute atomic E-state index is 0.0755. The highest BCUT2D eigenvalue weighted by molar-refractivity contribution is 7.89. The molecule has 1 fully saturated rings. The molecule has 0 saturated heterocycles. The fourth-order valence-corrected chi connectivity index (χ4v) is 4.93. The molecule has 1 aromatic heterocycles. The van der Waals surface area contributed by atoms with Gasteiger partial charge in [0.1, 0.15) is 0 Å². The summed E-state index contributed by atoms with van der Waals surface area (Å²) in [6.07, 6.45) is 3.99. The van der Waals surface area contributed by atoms with Gasteiger partial charge in [-0.15, -0.1) is 0 Å². The maximum atomic E-state index is 12.8. The lowest BCUT2D eigenvalue weighted by Gasteiger charge is -2.29. The van der Waals surface area contributed by atoms with E-state index in [4.69, 9.17) is 0 Å². The van der Waals surface area contributed by atoms with E-state index in [-0.39, 0.29) is 10.9 Å². The van der Waals surface area contributed by atoms with Gasteiger partial charge in [-0.05, 0) is 43.4 Å². The summed E-state index contributed by atoms with van der Waals surface area (Å²) >= 11 is 0. The number of benzene rings is 1. The number of aromatic amines is 2. The van der Waals surface area contributed by atoms with Crippen molar-refractivity contribution in [3.8, 4) is 0 Å². The Morgan fingerprint density at radius 2 is 1.62 bits per heavy atom. The van der Waals surface area contributed by atoms with Crippen molar-refractivity contribution < 1.29 is 8.42 Å². The van der Waals surface area contributed by atoms with Gasteiger partial charge in [-0.3, -0.25) is 9.59 Å². The van der Waals surface area contributed by atoms with Crippen molar-refractivity contribution in [2.75, 3.05) is 0 Å². The number of fused-ring (bicyclic) bond motifs is 1. The molecule has 1 aliphatic rings. The number of hydrogen-bond acceptors (Lipinski definition) is 4. The zero-order valence-electron chi connectivity index (χ0n) is 13.7. The number of nitrogens with one attached hydrogen (secondary N) is 3. The average Bonchev–Trinajstić information content (AvgIpc) is 2.50. The molecular formula is C16H21N3O4S. The van der Waals surface area contributed by atoms with Crippen LogP contribution in [-0.4, -0.2) is 24.4 Å². The predicted octanol–water partition coefficient (Wildman–Crippen LogP) is 1.38. The fraction of sp³-hybridized carbons (Fsp3) is 0.500. The fourth-order valence-electron chi connectivity index (χ4n) is 3.30. The van der Waals surface area contributed by atoms with Crippen LogP contribution in [0.15, 0.2) is 26.6 Å². The van der Waals surface area contributed by atoms with Gasteiger partial charge in [0.05, 0.1) is 15.9 Å². The summed E-state index contributed by atoms with van der Waals surface area (Å²) in [4.78, 5) is 27.9. The van der Waals surface area contributed by atoms with Gasteiger partial charge in [0.2, 0.25) is 10.0 Å². The molecule has 0 aliphatic heterocycles. The third kappa shape index (κ3) is 3.16. The molecule has 0 bridgehead atoms. The Kier molecular flexibility index (Phi) is 4.35. The largest absolute Gasteiger partial charge is 0.316 e. The third-order valence-corrected chi connectivity index (χ3v) is 6.36. The zero-order chi connectivity index (χ0) is 17.5. The van der Waals surface area contributed by atoms with Crippen LogP contribution >= 0.6 is 0 Å². The van der Waals surface area contributed by atoms with Gasteiger partial charge < -0.3 is 9.97 Å². The molecule has 3 N–H and O–H groups in total. The zero-order valence-corrected chi connectivity index (χ0v) is 14.5. The molecule has 0 unspecified atom stereocenters. The molecule has 2 aromatic rings. The highest BCUT2D eigenvalue weighted by atomic mass is 32.2. The Morgan fingerprint density at radius 1 is 1.04 bits per heavy atom. The van der Waals surface area contributed by atoms with E-state index >= 15 is 0 Å². The molecule has 1 heterocycles. The lowest BCUT2D eigenvalue weighted by atomic mass is 9.87. The Labute approximate surface area is 139 Å². The number of H-pyrrole nitrogens is 2. The molecule has 0 spiro atoms. The maximum Gasteiger partial charge on any atom is 0.314 e. The number of sulfonamides is 1. The number of aromatic nitrogens is 2. The smallest absolute Gasteiger partial charge is 0.314 e. The van der Waals surface area contributed by atoms with Crippen LogP contribution in [-0.2, 0) is 10.0 Å². The highest BCUT2D eigenvalue weighted by Crippen LogP contribution is 2.26. The first kappa shape index (κ1) is 16.9. The molecule has 1 aliphatic carbocycles. The van der Waals surface area contributed by atoms with E-state index in [1.165, 1.54) is 6.07 Å². The van der Waals surface area contributed by atoms with E-state index < -0.39 is 21.1 Å². The summed E-state index contributed by atoms with van der Waals surface area (Å²) in [5.41, 5.74) is -0.347. The van der Waals surface area contributed by atoms with Crippen LogP contribution in [0.1, 0.15) is 38.2 Å². The van der Waals surface area contributed by atoms with Crippen LogP contribution in [0.25, 0.3) is 11.0 Å². The summed E-state index contributed by atoms with van der Waals surface area (Å²) in [5.74, 6) is 0.297. The summed E-state index contributed by atoms with van der Waals surface area (Å²) in [6, 6.07) is 2.89. The molecule has 0 amide bonds. The van der Waals surface area contributed by atoms with Crippen molar-refractivity contribution >= 4 is 21.1 Å². The molecule has 8 heteroatoms. The minimum atomic E-state index is -3.70. The normalized spacial score (nSPS) is 21.9. The molecule has 1 saturated carbocycles. The van der Waals surface area contributed by atoms with E-state index in [0.29, 0.717) is 22.5 Å². The Morgan fingerprint density at radius 3 is 2.25 bits per heavy atom. The van der Waals surface area contributed by atoms with Crippen molar-refractivity contribution in [3.63, 3.8) is 0 Å². The Balaban J connectivity index is 2.03. The second-order valence-electron chi connectivity index (χ2n) is 6.56. The quantitative estimate of drug-likeness (QED) is 0.725. The summed E-state index contributed by atoms with van der Waals surface area (Å²) in [6.45, 7) is 3.73. The monoisotopic (exact) mass is 351 g/mol. The standard InChI is InChI=1S/C16H21N3O4S/c1-9-5-3-4-6-11(9)19-24(22,23)14-8-13-12(7-10(14)2)17-15(20)16(21)18-13/h7-9,11,19H,3-6H2,1-2H3,(H,17,20)(H,18,21)/t9-,11-/m0/s1. The number of rotatable bonds is 3. The molecule has 2 atom stereocenters. The molecule has 1 aromatic carbocycles. The third-order valence-electron chi connectivity index (χ3n) is 4.73. The van der Waals surface area contributed by atoms with Crippen LogP contribution in [0.4, 0.5) is 0 Å². The van der Waals surface area contributed by atoms with Gasteiger partial charge in [0.25, 0.3) is 0 Å². The minimum Gasteiger partial charge on any atom is -0.316 e. The van der Waals surface area contributed by atoms with E-state index in [9.17, 15) is 18.0 Å². The second kappa shape index (κ2) is 6.18. The molecule has 24 heavy (non-hydrogen) atoms.